The summed E-state index contributed by atoms with van der Waals surface area (Å²) in [6, 6.07) is 2.79. The number of ether oxygens (including phenoxy) is 1. The number of carbonyl (C=O) groups excluding carboxylic acids is 1. The van der Waals surface area contributed by atoms with Gasteiger partial charge in [-0.2, -0.15) is 0 Å². The van der Waals surface area contributed by atoms with Crippen LogP contribution < -0.4 is 10.3 Å². The molecule has 0 saturated heterocycles. The highest BCUT2D eigenvalue weighted by Gasteiger charge is 2.17. The van der Waals surface area contributed by atoms with E-state index in [2.05, 4.69) is 4.74 Å². The van der Waals surface area contributed by atoms with Gasteiger partial charge in [0.1, 0.15) is 4.21 Å². The molecule has 16 heavy (non-hydrogen) atoms. The molecule has 2 N–H and O–H groups in total. The molecule has 0 aromatic carbocycles. The van der Waals surface area contributed by atoms with Gasteiger partial charge in [-0.25, -0.2) is 18.6 Å². The van der Waals surface area contributed by atoms with Crippen molar-refractivity contribution in [3.63, 3.8) is 0 Å². The van der Waals surface area contributed by atoms with Gasteiger partial charge in [0, 0.05) is 0 Å². The van der Waals surface area contributed by atoms with E-state index in [1.807, 2.05) is 10.3 Å². The number of hydrogen-bond acceptors (Lipinski definition) is 5. The van der Waals surface area contributed by atoms with Crippen LogP contribution in [-0.2, 0) is 14.8 Å². The lowest BCUT2D eigenvalue weighted by Crippen LogP contribution is -2.41. The molecule has 1 rings (SSSR count). The third kappa shape index (κ3) is 3.63. The van der Waals surface area contributed by atoms with Crippen molar-refractivity contribution in [2.75, 3.05) is 6.61 Å². The lowest BCUT2D eigenvalue weighted by molar-refractivity contribution is 0.150. The first-order chi connectivity index (χ1) is 7.45. The van der Waals surface area contributed by atoms with Gasteiger partial charge in [-0.15, -0.1) is 16.2 Å². The molecule has 1 heterocycles. The van der Waals surface area contributed by atoms with Crippen molar-refractivity contribution in [3.05, 3.63) is 16.5 Å². The van der Waals surface area contributed by atoms with Gasteiger partial charge in [0.2, 0.25) is 0 Å². The fraction of sp³-hybridized carbons (Fsp3) is 0.286. The number of halogens is 1. The number of hydrogen-bond donors (Lipinski definition) is 2. The van der Waals surface area contributed by atoms with Crippen molar-refractivity contribution in [1.82, 2.24) is 10.3 Å². The largest absolute Gasteiger partial charge is 0.449 e. The Labute approximate surface area is 102 Å². The summed E-state index contributed by atoms with van der Waals surface area (Å²) in [4.78, 5) is 12.7. The van der Waals surface area contributed by atoms with E-state index < -0.39 is 16.1 Å². The van der Waals surface area contributed by atoms with Gasteiger partial charge >= 0.3 is 6.09 Å². The Morgan fingerprint density at radius 3 is 2.75 bits per heavy atom. The van der Waals surface area contributed by atoms with Crippen LogP contribution in [0.4, 0.5) is 4.79 Å². The molecule has 0 aliphatic rings. The second kappa shape index (κ2) is 5.48. The Balaban J connectivity index is 2.63. The maximum atomic E-state index is 11.5. The van der Waals surface area contributed by atoms with Gasteiger partial charge in [-0.05, 0) is 19.1 Å². The molecule has 1 aromatic heterocycles. The molecule has 0 saturated carbocycles. The van der Waals surface area contributed by atoms with Crippen LogP contribution in [-0.4, -0.2) is 21.1 Å². The molecule has 0 fully saturated rings. The number of rotatable bonds is 4. The number of hydrazine groups is 1. The van der Waals surface area contributed by atoms with Crippen LogP contribution in [0.3, 0.4) is 0 Å². The zero-order valence-electron chi connectivity index (χ0n) is 8.19. The molecule has 1 aromatic rings. The monoisotopic (exact) mass is 284 g/mol. The van der Waals surface area contributed by atoms with Crippen LogP contribution in [0.5, 0.6) is 0 Å². The number of nitrogens with one attached hydrogen (secondary N) is 2. The fourth-order valence-electron chi connectivity index (χ4n) is 0.768. The molecule has 0 spiro atoms. The lowest BCUT2D eigenvalue weighted by Gasteiger charge is -2.06. The Hall–Kier alpha value is -0.830. The Bertz CT molecular complexity index is 470. The minimum Gasteiger partial charge on any atom is -0.449 e. The number of thiophene rings is 1. The maximum Gasteiger partial charge on any atom is 0.422 e. The molecule has 1 amide bonds. The zero-order valence-corrected chi connectivity index (χ0v) is 10.6. The molecule has 9 heteroatoms. The normalized spacial score (nSPS) is 11.1. The Kier molecular flexibility index (Phi) is 4.54. The molecule has 0 bridgehead atoms. The first-order valence-electron chi connectivity index (χ1n) is 4.15. The first kappa shape index (κ1) is 13.2. The highest BCUT2D eigenvalue weighted by molar-refractivity contribution is 7.91. The second-order valence-electron chi connectivity index (χ2n) is 2.51. The summed E-state index contributed by atoms with van der Waals surface area (Å²) in [5.74, 6) is 0. The van der Waals surface area contributed by atoms with Crippen LogP contribution in [0.25, 0.3) is 0 Å². The molecule has 0 unspecified atom stereocenters. The van der Waals surface area contributed by atoms with Gasteiger partial charge in [-0.3, -0.25) is 0 Å². The molecule has 0 aliphatic carbocycles. The van der Waals surface area contributed by atoms with E-state index in [0.717, 1.165) is 11.3 Å². The number of amides is 1. The van der Waals surface area contributed by atoms with Crippen molar-refractivity contribution in [1.29, 1.82) is 0 Å². The molecular formula is C7H9ClN2O4S2. The first-order valence-corrected chi connectivity index (χ1v) is 6.83. The van der Waals surface area contributed by atoms with Crippen molar-refractivity contribution < 1.29 is 17.9 Å². The lowest BCUT2D eigenvalue weighted by atomic mass is 10.7. The number of carbonyl (C=O) groups is 1. The quantitative estimate of drug-likeness (QED) is 0.817. The second-order valence-corrected chi connectivity index (χ2v) is 6.13. The summed E-state index contributed by atoms with van der Waals surface area (Å²) in [5.41, 5.74) is 1.90. The molecular weight excluding hydrogens is 276 g/mol. The fourth-order valence-corrected chi connectivity index (χ4v) is 3.08. The van der Waals surface area contributed by atoms with E-state index in [-0.39, 0.29) is 10.8 Å². The zero-order chi connectivity index (χ0) is 12.2. The molecule has 0 radical (unpaired) electrons. The topological polar surface area (TPSA) is 84.5 Å². The molecule has 6 nitrogen and oxygen atoms in total. The van der Waals surface area contributed by atoms with Crippen LogP contribution in [0.2, 0.25) is 4.34 Å². The van der Waals surface area contributed by atoms with Gasteiger partial charge < -0.3 is 4.74 Å². The minimum atomic E-state index is -3.78. The summed E-state index contributed by atoms with van der Waals surface area (Å²) in [6.07, 6.45) is -0.867. The Morgan fingerprint density at radius 1 is 1.56 bits per heavy atom. The third-order valence-corrected chi connectivity index (χ3v) is 4.35. The smallest absolute Gasteiger partial charge is 0.422 e. The predicted molar refractivity (Wildman–Crippen MR) is 59.8 cm³/mol. The average Bonchev–Trinajstić information content (AvgIpc) is 2.63. The van der Waals surface area contributed by atoms with Crippen LogP contribution in [0.1, 0.15) is 6.92 Å². The molecule has 0 aliphatic heterocycles. The Morgan fingerprint density at radius 2 is 2.25 bits per heavy atom. The highest BCUT2D eigenvalue weighted by atomic mass is 35.5. The minimum absolute atomic E-state index is 0.00861. The van der Waals surface area contributed by atoms with E-state index in [1.54, 1.807) is 6.92 Å². The summed E-state index contributed by atoms with van der Waals surface area (Å²) in [7, 11) is -3.78. The van der Waals surface area contributed by atoms with E-state index in [9.17, 15) is 13.2 Å². The average molecular weight is 285 g/mol. The molecule has 90 valence electrons. The van der Waals surface area contributed by atoms with Gasteiger partial charge in [0.15, 0.2) is 0 Å². The van der Waals surface area contributed by atoms with Gasteiger partial charge in [-0.1, -0.05) is 11.6 Å². The SMILES string of the molecule is CCOC(=O)NNS(=O)(=O)c1ccc(Cl)s1. The highest BCUT2D eigenvalue weighted by Crippen LogP contribution is 2.24. The van der Waals surface area contributed by atoms with Gasteiger partial charge in [0.05, 0.1) is 10.9 Å². The van der Waals surface area contributed by atoms with E-state index in [4.69, 9.17) is 11.6 Å². The summed E-state index contributed by atoms with van der Waals surface area (Å²) in [6.45, 7) is 1.76. The van der Waals surface area contributed by atoms with Gasteiger partial charge in [0.25, 0.3) is 10.0 Å². The summed E-state index contributed by atoms with van der Waals surface area (Å²) >= 11 is 6.48. The van der Waals surface area contributed by atoms with Crippen LogP contribution in [0.15, 0.2) is 16.3 Å². The van der Waals surface area contributed by atoms with Crippen molar-refractivity contribution in [2.24, 2.45) is 0 Å². The molecule has 0 atom stereocenters. The summed E-state index contributed by atoms with van der Waals surface area (Å²) in [5, 5.41) is 0. The third-order valence-electron chi connectivity index (χ3n) is 1.38. The number of sulfonamides is 1. The standard InChI is InChI=1S/C7H9ClN2O4S2/c1-2-14-7(11)9-10-16(12,13)6-4-3-5(8)15-6/h3-4,10H,2H2,1H3,(H,9,11). The van der Waals surface area contributed by atoms with E-state index in [1.165, 1.54) is 12.1 Å². The van der Waals surface area contributed by atoms with Crippen molar-refractivity contribution in [3.8, 4) is 0 Å². The maximum absolute atomic E-state index is 11.5. The predicted octanol–water partition coefficient (Wildman–Crippen LogP) is 1.34. The van der Waals surface area contributed by atoms with Crippen molar-refractivity contribution >= 4 is 39.1 Å². The van der Waals surface area contributed by atoms with E-state index >= 15 is 0 Å². The van der Waals surface area contributed by atoms with Crippen molar-refractivity contribution in [2.45, 2.75) is 11.1 Å². The van der Waals surface area contributed by atoms with Crippen LogP contribution in [0, 0.1) is 0 Å². The van der Waals surface area contributed by atoms with Crippen LogP contribution >= 0.6 is 22.9 Å². The van der Waals surface area contributed by atoms with E-state index in [0.29, 0.717) is 4.34 Å². The summed E-state index contributed by atoms with van der Waals surface area (Å²) < 4.78 is 27.9.